The summed E-state index contributed by atoms with van der Waals surface area (Å²) in [4.78, 5) is 20.6. The van der Waals surface area contributed by atoms with Crippen LogP contribution in [0.1, 0.15) is 41.5 Å². The minimum Gasteiger partial charge on any atom is -0.870 e. The fourth-order valence-electron chi connectivity index (χ4n) is 0.306. The smallest absolute Gasteiger partial charge is 0.870 e. The molecule has 0 rings (SSSR count). The first kappa shape index (κ1) is 25.4. The molecule has 0 aromatic rings. The number of aliphatic carboxylic acids is 1. The number of rotatable bonds is 0. The Hall–Kier alpha value is -0.503. The van der Waals surface area contributed by atoms with Gasteiger partial charge in [-0.15, -0.1) is 0 Å². The predicted octanol–water partition coefficient (Wildman–Crippen LogP) is -0.850. The van der Waals surface area contributed by atoms with Gasteiger partial charge in [-0.1, -0.05) is 0 Å². The molecular formula is C11H23LiO5. The van der Waals surface area contributed by atoms with Crippen LogP contribution in [-0.2, 0) is 14.3 Å². The van der Waals surface area contributed by atoms with Crippen LogP contribution in [0.15, 0.2) is 0 Å². The average molecular weight is 242 g/mol. The summed E-state index contributed by atoms with van der Waals surface area (Å²) in [5, 5.41) is 8.25. The second kappa shape index (κ2) is 9.52. The third kappa shape index (κ3) is 15.5. The summed E-state index contributed by atoms with van der Waals surface area (Å²) in [6.45, 7) is 10.4. The molecule has 0 saturated heterocycles. The summed E-state index contributed by atoms with van der Waals surface area (Å²) in [6, 6.07) is 0. The second-order valence-electron chi connectivity index (χ2n) is 5.30. The van der Waals surface area contributed by atoms with Gasteiger partial charge < -0.3 is 15.3 Å². The van der Waals surface area contributed by atoms with E-state index in [0.717, 1.165) is 0 Å². The van der Waals surface area contributed by atoms with E-state index < -0.39 is 11.4 Å². The molecule has 0 bridgehead atoms. The molecule has 0 aromatic carbocycles. The molecule has 0 aliphatic rings. The Labute approximate surface area is 115 Å². The topological polar surface area (TPSA) is 93.6 Å². The molecule has 5 nitrogen and oxygen atoms in total. The minimum absolute atomic E-state index is 0. The third-order valence-electron chi connectivity index (χ3n) is 1.44. The van der Waals surface area contributed by atoms with Crippen LogP contribution in [0.2, 0.25) is 0 Å². The summed E-state index contributed by atoms with van der Waals surface area (Å²) in [7, 11) is 1.40. The van der Waals surface area contributed by atoms with Crippen molar-refractivity contribution in [2.24, 2.45) is 10.8 Å². The van der Waals surface area contributed by atoms with E-state index in [0.29, 0.717) is 0 Å². The van der Waals surface area contributed by atoms with Crippen molar-refractivity contribution in [3.8, 4) is 0 Å². The Bertz CT molecular complexity index is 225. The summed E-state index contributed by atoms with van der Waals surface area (Å²) in [5.74, 6) is -0.926. The van der Waals surface area contributed by atoms with Crippen LogP contribution in [0.3, 0.4) is 0 Å². The Morgan fingerprint density at radius 1 is 0.941 bits per heavy atom. The molecule has 17 heavy (non-hydrogen) atoms. The molecule has 0 spiro atoms. The van der Waals surface area contributed by atoms with E-state index in [4.69, 9.17) is 5.11 Å². The number of ether oxygens (including phenoxy) is 1. The van der Waals surface area contributed by atoms with Gasteiger partial charge in [0.2, 0.25) is 0 Å². The van der Waals surface area contributed by atoms with Crippen LogP contribution in [0.25, 0.3) is 0 Å². The van der Waals surface area contributed by atoms with Crippen molar-refractivity contribution in [2.75, 3.05) is 7.11 Å². The average Bonchev–Trinajstić information content (AvgIpc) is 2.00. The van der Waals surface area contributed by atoms with Gasteiger partial charge in [0.05, 0.1) is 17.9 Å². The monoisotopic (exact) mass is 242 g/mol. The standard InChI is InChI=1S/C6H12O2.C5H10O2.Li.H2O/c1-6(2,3)5(7)8-4;1-5(2,3)4(6)7;;/h1-4H3;1-3H3,(H,6,7);;1H2/q;;+1;/p-1. The SMILES string of the molecule is CC(C)(C)C(=O)O.COC(=O)C(C)(C)C.[Li+].[OH-]. The van der Waals surface area contributed by atoms with Gasteiger partial charge in [0.25, 0.3) is 0 Å². The molecule has 2 N–H and O–H groups in total. The third-order valence-corrected chi connectivity index (χ3v) is 1.44. The number of hydrogen-bond acceptors (Lipinski definition) is 4. The Kier molecular flexibility index (Phi) is 14.2. The number of carboxylic acids is 1. The fourth-order valence-corrected chi connectivity index (χ4v) is 0.306. The molecule has 0 unspecified atom stereocenters. The van der Waals surface area contributed by atoms with Crippen LogP contribution < -0.4 is 18.9 Å². The van der Waals surface area contributed by atoms with E-state index >= 15 is 0 Å². The summed E-state index contributed by atoms with van der Waals surface area (Å²) in [6.07, 6.45) is 0. The molecule has 0 aliphatic heterocycles. The molecule has 0 atom stereocenters. The van der Waals surface area contributed by atoms with Crippen molar-refractivity contribution in [3.63, 3.8) is 0 Å². The molecule has 6 heteroatoms. The first-order valence-electron chi connectivity index (χ1n) is 4.74. The van der Waals surface area contributed by atoms with Crippen LogP contribution in [0, 0.1) is 10.8 Å². The molecule has 0 heterocycles. The maximum Gasteiger partial charge on any atom is 1.00 e. The summed E-state index contributed by atoms with van der Waals surface area (Å²) in [5.41, 5.74) is -0.936. The van der Waals surface area contributed by atoms with E-state index in [1.165, 1.54) is 7.11 Å². The number of hydrogen-bond donors (Lipinski definition) is 1. The van der Waals surface area contributed by atoms with Gasteiger partial charge >= 0.3 is 30.8 Å². The van der Waals surface area contributed by atoms with Crippen molar-refractivity contribution in [2.45, 2.75) is 41.5 Å². The van der Waals surface area contributed by atoms with Gasteiger partial charge in [0.15, 0.2) is 0 Å². The van der Waals surface area contributed by atoms with Crippen LogP contribution >= 0.6 is 0 Å². The number of methoxy groups -OCH3 is 1. The maximum atomic E-state index is 10.6. The van der Waals surface area contributed by atoms with Crippen LogP contribution in [0.4, 0.5) is 0 Å². The maximum absolute atomic E-state index is 10.6. The zero-order valence-corrected chi connectivity index (χ0v) is 12.1. The minimum atomic E-state index is -0.757. The zero-order valence-electron chi connectivity index (χ0n) is 12.1. The fraction of sp³-hybridized carbons (Fsp3) is 0.818. The van der Waals surface area contributed by atoms with Gasteiger partial charge in [0, 0.05) is 0 Å². The van der Waals surface area contributed by atoms with E-state index in [1.807, 2.05) is 20.8 Å². The molecule has 98 valence electrons. The number of carbonyl (C=O) groups excluding carboxylic acids is 1. The molecule has 0 fully saturated rings. The first-order valence-corrected chi connectivity index (χ1v) is 4.74. The zero-order chi connectivity index (χ0) is 12.9. The Morgan fingerprint density at radius 2 is 1.18 bits per heavy atom. The van der Waals surface area contributed by atoms with Crippen molar-refractivity contribution in [1.82, 2.24) is 0 Å². The molecule has 0 amide bonds. The Morgan fingerprint density at radius 3 is 1.18 bits per heavy atom. The molecule has 0 saturated carbocycles. The number of carbonyl (C=O) groups is 2. The van der Waals surface area contributed by atoms with E-state index in [2.05, 4.69) is 4.74 Å². The number of carboxylic acid groups (broad SMARTS) is 1. The normalized spacial score (nSPS) is 9.82. The first-order chi connectivity index (χ1) is 6.42. The van der Waals surface area contributed by atoms with E-state index in [1.54, 1.807) is 20.8 Å². The van der Waals surface area contributed by atoms with Gasteiger partial charge in [-0.2, -0.15) is 0 Å². The Balaban J connectivity index is -0.0000000896. The molecule has 0 radical (unpaired) electrons. The second-order valence-corrected chi connectivity index (χ2v) is 5.30. The predicted molar refractivity (Wildman–Crippen MR) is 60.5 cm³/mol. The largest absolute Gasteiger partial charge is 1.00 e. The molecular weight excluding hydrogens is 219 g/mol. The van der Waals surface area contributed by atoms with Crippen LogP contribution in [-0.4, -0.2) is 29.6 Å². The van der Waals surface area contributed by atoms with E-state index in [9.17, 15) is 9.59 Å². The molecule has 0 aliphatic carbocycles. The van der Waals surface area contributed by atoms with Crippen molar-refractivity contribution in [1.29, 1.82) is 0 Å². The van der Waals surface area contributed by atoms with Crippen molar-refractivity contribution < 1.29 is 43.8 Å². The number of esters is 1. The van der Waals surface area contributed by atoms with Gasteiger partial charge in [-0.05, 0) is 41.5 Å². The van der Waals surface area contributed by atoms with Crippen LogP contribution in [0.5, 0.6) is 0 Å². The van der Waals surface area contributed by atoms with E-state index in [-0.39, 0.29) is 35.7 Å². The van der Waals surface area contributed by atoms with Gasteiger partial charge in [0.1, 0.15) is 0 Å². The quantitative estimate of drug-likeness (QED) is 0.441. The van der Waals surface area contributed by atoms with Crippen molar-refractivity contribution in [3.05, 3.63) is 0 Å². The van der Waals surface area contributed by atoms with Crippen molar-refractivity contribution >= 4 is 11.9 Å². The molecule has 0 aromatic heterocycles. The van der Waals surface area contributed by atoms with Gasteiger partial charge in [-0.25, -0.2) is 0 Å². The summed E-state index contributed by atoms with van der Waals surface area (Å²) < 4.78 is 4.48. The van der Waals surface area contributed by atoms with Gasteiger partial charge in [-0.3, -0.25) is 9.59 Å². The summed E-state index contributed by atoms with van der Waals surface area (Å²) >= 11 is 0.